The fourth-order valence-electron chi connectivity index (χ4n) is 1.48. The molecule has 0 heterocycles. The van der Waals surface area contributed by atoms with Crippen molar-refractivity contribution < 1.29 is 38.1 Å². The van der Waals surface area contributed by atoms with E-state index < -0.39 is 48.2 Å². The molecule has 0 aliphatic heterocycles. The Morgan fingerprint density at radius 2 is 1.60 bits per heavy atom. The van der Waals surface area contributed by atoms with Gasteiger partial charge in [0.25, 0.3) is 5.91 Å². The van der Waals surface area contributed by atoms with Gasteiger partial charge in [0.15, 0.2) is 0 Å². The highest BCUT2D eigenvalue weighted by Gasteiger charge is 2.34. The third-order valence-corrected chi connectivity index (χ3v) is 2.13. The lowest BCUT2D eigenvalue weighted by Gasteiger charge is -2.22. The zero-order chi connectivity index (χ0) is 15.5. The molecule has 0 bridgehead atoms. The van der Waals surface area contributed by atoms with Gasteiger partial charge in [0, 0.05) is 11.6 Å². The fourth-order valence-corrected chi connectivity index (χ4v) is 1.48. The molecule has 0 aliphatic rings. The number of halogens is 3. The Balaban J connectivity index is 3.06. The van der Waals surface area contributed by atoms with Gasteiger partial charge >= 0.3 is 12.1 Å². The van der Waals surface area contributed by atoms with Gasteiger partial charge in [-0.15, -0.1) is 0 Å². The van der Waals surface area contributed by atoms with E-state index in [1.807, 2.05) is 0 Å². The van der Waals surface area contributed by atoms with E-state index in [2.05, 4.69) is 0 Å². The fraction of sp³-hybridized carbons (Fsp3) is 0.273. The molecule has 6 nitrogen and oxygen atoms in total. The molecule has 0 saturated heterocycles. The predicted molar refractivity (Wildman–Crippen MR) is 59.4 cm³/mol. The summed E-state index contributed by atoms with van der Waals surface area (Å²) in [5.74, 6) is -3.95. The quantitative estimate of drug-likeness (QED) is 0.774. The number of nitrogens with zero attached hydrogens (tertiary/aromatic N) is 1. The number of alkyl halides is 3. The maximum atomic E-state index is 12.3. The summed E-state index contributed by atoms with van der Waals surface area (Å²) in [4.78, 5) is 22.4. The van der Waals surface area contributed by atoms with Gasteiger partial charge < -0.3 is 20.2 Å². The van der Waals surface area contributed by atoms with Crippen molar-refractivity contribution >= 4 is 11.9 Å². The summed E-state index contributed by atoms with van der Waals surface area (Å²) < 4.78 is 36.9. The molecule has 0 radical (unpaired) electrons. The molecule has 0 atom stereocenters. The molecule has 3 N–H and O–H groups in total. The van der Waals surface area contributed by atoms with Crippen LogP contribution in [0.2, 0.25) is 0 Å². The van der Waals surface area contributed by atoms with Gasteiger partial charge in [-0.3, -0.25) is 9.59 Å². The maximum Gasteiger partial charge on any atom is 0.406 e. The minimum Gasteiger partial charge on any atom is -0.508 e. The van der Waals surface area contributed by atoms with Gasteiger partial charge in [0.1, 0.15) is 24.6 Å². The minimum atomic E-state index is -4.77. The Morgan fingerprint density at radius 1 is 1.10 bits per heavy atom. The highest BCUT2D eigenvalue weighted by molar-refractivity contribution is 5.96. The van der Waals surface area contributed by atoms with E-state index in [9.17, 15) is 22.8 Å². The number of carboxylic acid groups (broad SMARTS) is 1. The van der Waals surface area contributed by atoms with Crippen LogP contribution in [0.4, 0.5) is 13.2 Å². The Hall–Kier alpha value is -2.45. The monoisotopic (exact) mass is 293 g/mol. The van der Waals surface area contributed by atoms with Gasteiger partial charge in [0.05, 0.1) is 0 Å². The Morgan fingerprint density at radius 3 is 2.00 bits per heavy atom. The summed E-state index contributed by atoms with van der Waals surface area (Å²) >= 11 is 0. The summed E-state index contributed by atoms with van der Waals surface area (Å²) in [7, 11) is 0. The molecule has 1 rings (SSSR count). The van der Waals surface area contributed by atoms with E-state index >= 15 is 0 Å². The summed E-state index contributed by atoms with van der Waals surface area (Å²) in [5.41, 5.74) is -0.451. The SMILES string of the molecule is O=C(O)CN(CC(F)(F)F)C(=O)c1cc(O)cc(O)c1. The number of amides is 1. The van der Waals surface area contributed by atoms with Gasteiger partial charge in [-0.1, -0.05) is 0 Å². The molecule has 9 heteroatoms. The standard InChI is InChI=1S/C11H10F3NO5/c12-11(13,14)5-15(4-9(18)19)10(20)6-1-7(16)3-8(17)2-6/h1-3,16-17H,4-5H2,(H,18,19). The first-order chi connectivity index (χ1) is 9.08. The number of carboxylic acids is 1. The van der Waals surface area contributed by atoms with E-state index in [-0.39, 0.29) is 4.90 Å². The molecule has 0 aliphatic carbocycles. The van der Waals surface area contributed by atoms with Gasteiger partial charge in [-0.25, -0.2) is 0 Å². The van der Waals surface area contributed by atoms with Crippen LogP contribution in [-0.2, 0) is 4.79 Å². The number of phenolic OH excluding ortho intramolecular Hbond substituents is 2. The van der Waals surface area contributed by atoms with Crippen LogP contribution in [0.15, 0.2) is 18.2 Å². The first-order valence-electron chi connectivity index (χ1n) is 5.19. The zero-order valence-corrected chi connectivity index (χ0v) is 9.89. The van der Waals surface area contributed by atoms with Gasteiger partial charge in [0.2, 0.25) is 0 Å². The van der Waals surface area contributed by atoms with Gasteiger partial charge in [-0.05, 0) is 12.1 Å². The molecule has 0 aromatic heterocycles. The normalized spacial score (nSPS) is 11.2. The van der Waals surface area contributed by atoms with Gasteiger partial charge in [-0.2, -0.15) is 13.2 Å². The van der Waals surface area contributed by atoms with Crippen molar-refractivity contribution in [2.75, 3.05) is 13.1 Å². The second kappa shape index (κ2) is 5.68. The molecule has 0 unspecified atom stereocenters. The maximum absolute atomic E-state index is 12.3. The Labute approximate surface area is 110 Å². The minimum absolute atomic E-state index is 0.0521. The lowest BCUT2D eigenvalue weighted by Crippen LogP contribution is -2.42. The first-order valence-corrected chi connectivity index (χ1v) is 5.19. The number of carbonyl (C=O) groups is 2. The third-order valence-electron chi connectivity index (χ3n) is 2.13. The van der Waals surface area contributed by atoms with Crippen molar-refractivity contribution in [2.45, 2.75) is 6.18 Å². The number of hydrogen-bond donors (Lipinski definition) is 3. The molecule has 0 spiro atoms. The molecule has 1 aromatic carbocycles. The molecule has 1 aromatic rings. The second-order valence-corrected chi connectivity index (χ2v) is 3.91. The second-order valence-electron chi connectivity index (χ2n) is 3.91. The van der Waals surface area contributed by atoms with E-state index in [0.717, 1.165) is 18.2 Å². The number of aromatic hydroxyl groups is 2. The number of phenols is 2. The largest absolute Gasteiger partial charge is 0.508 e. The molecule has 0 saturated carbocycles. The average Bonchev–Trinajstić information content (AvgIpc) is 2.23. The highest BCUT2D eigenvalue weighted by Crippen LogP contribution is 2.23. The number of benzene rings is 1. The summed E-state index contributed by atoms with van der Waals surface area (Å²) in [6, 6.07) is 2.53. The molecule has 1 amide bonds. The van der Waals surface area contributed by atoms with Crippen LogP contribution in [0.1, 0.15) is 10.4 Å². The van der Waals surface area contributed by atoms with Crippen molar-refractivity contribution in [3.63, 3.8) is 0 Å². The topological polar surface area (TPSA) is 98.1 Å². The number of rotatable bonds is 4. The highest BCUT2D eigenvalue weighted by atomic mass is 19.4. The van der Waals surface area contributed by atoms with Crippen LogP contribution in [-0.4, -0.2) is 51.4 Å². The van der Waals surface area contributed by atoms with E-state index in [1.165, 1.54) is 0 Å². The van der Waals surface area contributed by atoms with E-state index in [1.54, 1.807) is 0 Å². The first kappa shape index (κ1) is 15.6. The average molecular weight is 293 g/mol. The van der Waals surface area contributed by atoms with Crippen LogP contribution in [0.3, 0.4) is 0 Å². The number of aliphatic carboxylic acids is 1. The van der Waals surface area contributed by atoms with E-state index in [0.29, 0.717) is 0 Å². The summed E-state index contributed by atoms with van der Waals surface area (Å²) in [6.45, 7) is -2.91. The predicted octanol–water partition coefficient (Wildman–Crippen LogP) is 1.19. The van der Waals surface area contributed by atoms with Crippen LogP contribution in [0.25, 0.3) is 0 Å². The summed E-state index contributed by atoms with van der Waals surface area (Å²) in [5, 5.41) is 26.9. The van der Waals surface area contributed by atoms with Crippen LogP contribution >= 0.6 is 0 Å². The van der Waals surface area contributed by atoms with Crippen molar-refractivity contribution in [1.29, 1.82) is 0 Å². The summed E-state index contributed by atoms with van der Waals surface area (Å²) in [6.07, 6.45) is -4.77. The van der Waals surface area contributed by atoms with Crippen LogP contribution in [0, 0.1) is 0 Å². The lowest BCUT2D eigenvalue weighted by atomic mass is 10.1. The lowest BCUT2D eigenvalue weighted by molar-refractivity contribution is -0.149. The number of hydrogen-bond acceptors (Lipinski definition) is 4. The smallest absolute Gasteiger partial charge is 0.406 e. The van der Waals surface area contributed by atoms with Crippen LogP contribution < -0.4 is 0 Å². The van der Waals surface area contributed by atoms with E-state index in [4.69, 9.17) is 15.3 Å². The zero-order valence-electron chi connectivity index (χ0n) is 9.89. The molecule has 0 fully saturated rings. The number of carbonyl (C=O) groups excluding carboxylic acids is 1. The van der Waals surface area contributed by atoms with Crippen molar-refractivity contribution in [1.82, 2.24) is 4.90 Å². The molecule has 110 valence electrons. The third kappa shape index (κ3) is 4.67. The molecular formula is C11H10F3NO5. The van der Waals surface area contributed by atoms with Crippen molar-refractivity contribution in [3.05, 3.63) is 23.8 Å². The van der Waals surface area contributed by atoms with Crippen molar-refractivity contribution in [3.8, 4) is 11.5 Å². The Bertz CT molecular complexity index is 509. The molecular weight excluding hydrogens is 283 g/mol. The van der Waals surface area contributed by atoms with Crippen LogP contribution in [0.5, 0.6) is 11.5 Å². The molecule has 20 heavy (non-hydrogen) atoms. The van der Waals surface area contributed by atoms with Crippen molar-refractivity contribution in [2.24, 2.45) is 0 Å². The Kier molecular flexibility index (Phi) is 4.43.